The molecule has 1 unspecified atom stereocenters. The normalized spacial score (nSPS) is 15.8. The summed E-state index contributed by atoms with van der Waals surface area (Å²) in [5.41, 5.74) is 6.47. The predicted octanol–water partition coefficient (Wildman–Crippen LogP) is -0.600. The molecule has 0 saturated heterocycles. The summed E-state index contributed by atoms with van der Waals surface area (Å²) in [5.74, 6) is -0.436. The zero-order valence-corrected chi connectivity index (χ0v) is 8.33. The van der Waals surface area contributed by atoms with Gasteiger partial charge in [-0.2, -0.15) is 5.48 Å². The van der Waals surface area contributed by atoms with Crippen molar-refractivity contribution in [1.82, 2.24) is 5.48 Å². The first-order valence-corrected chi connectivity index (χ1v) is 4.21. The number of carbonyl (C=O) groups excluding carboxylic acids is 1. The molecule has 5 heteroatoms. The van der Waals surface area contributed by atoms with Gasteiger partial charge in [0.2, 0.25) is 5.91 Å². The van der Waals surface area contributed by atoms with Gasteiger partial charge >= 0.3 is 0 Å². The fourth-order valence-corrected chi connectivity index (χ4v) is 0.523. The van der Waals surface area contributed by atoms with Gasteiger partial charge in [0.25, 0.3) is 0 Å². The van der Waals surface area contributed by atoms with Crippen molar-refractivity contribution in [1.29, 1.82) is 0 Å². The summed E-state index contributed by atoms with van der Waals surface area (Å²) >= 11 is 0. The molecule has 13 heavy (non-hydrogen) atoms. The third-order valence-electron chi connectivity index (χ3n) is 1.99. The lowest BCUT2D eigenvalue weighted by Crippen LogP contribution is -2.42. The van der Waals surface area contributed by atoms with Gasteiger partial charge in [-0.15, -0.1) is 0 Å². The van der Waals surface area contributed by atoms with Gasteiger partial charge in [0, 0.05) is 6.54 Å². The first kappa shape index (κ1) is 12.3. The Balaban J connectivity index is 3.58. The number of hydrogen-bond acceptors (Lipinski definition) is 4. The largest absolute Gasteiger partial charge is 0.388 e. The Morgan fingerprint density at radius 3 is 2.62 bits per heavy atom. The maximum atomic E-state index is 10.3. The molecule has 0 bridgehead atoms. The van der Waals surface area contributed by atoms with Gasteiger partial charge in [-0.1, -0.05) is 13.8 Å². The monoisotopic (exact) mass is 190 g/mol. The molecule has 0 spiro atoms. The van der Waals surface area contributed by atoms with Crippen molar-refractivity contribution in [3.8, 4) is 0 Å². The molecule has 0 radical (unpaired) electrons. The number of hydroxylamine groups is 1. The molecule has 0 aliphatic heterocycles. The van der Waals surface area contributed by atoms with E-state index in [1.54, 1.807) is 6.92 Å². The van der Waals surface area contributed by atoms with Crippen LogP contribution in [0.4, 0.5) is 0 Å². The van der Waals surface area contributed by atoms with E-state index < -0.39 is 11.5 Å². The van der Waals surface area contributed by atoms with Crippen LogP contribution >= 0.6 is 0 Å². The zero-order valence-electron chi connectivity index (χ0n) is 8.33. The summed E-state index contributed by atoms with van der Waals surface area (Å²) in [4.78, 5) is 14.9. The number of amides is 1. The summed E-state index contributed by atoms with van der Waals surface area (Å²) in [6, 6.07) is 0. The van der Waals surface area contributed by atoms with Crippen LogP contribution in [-0.4, -0.2) is 29.8 Å². The summed E-state index contributed by atoms with van der Waals surface area (Å²) < 4.78 is 0. The van der Waals surface area contributed by atoms with Crippen molar-refractivity contribution in [2.75, 3.05) is 13.2 Å². The summed E-state index contributed by atoms with van der Waals surface area (Å²) in [6.07, 6.45) is 0. The van der Waals surface area contributed by atoms with Gasteiger partial charge in [0.15, 0.2) is 0 Å². The molecule has 1 amide bonds. The first-order chi connectivity index (χ1) is 5.86. The van der Waals surface area contributed by atoms with Crippen LogP contribution in [0.3, 0.4) is 0 Å². The summed E-state index contributed by atoms with van der Waals surface area (Å²) in [7, 11) is 0. The van der Waals surface area contributed by atoms with E-state index in [4.69, 9.17) is 10.6 Å². The lowest BCUT2D eigenvalue weighted by Gasteiger charge is -2.27. The van der Waals surface area contributed by atoms with Crippen LogP contribution in [0.5, 0.6) is 0 Å². The molecule has 0 aliphatic carbocycles. The second-order valence-corrected chi connectivity index (χ2v) is 3.59. The highest BCUT2D eigenvalue weighted by molar-refractivity contribution is 5.74. The Bertz CT molecular complexity index is 169. The maximum absolute atomic E-state index is 10.3. The Hall–Kier alpha value is -0.650. The average molecular weight is 190 g/mol. The van der Waals surface area contributed by atoms with Crippen molar-refractivity contribution in [2.45, 2.75) is 26.4 Å². The highest BCUT2D eigenvalue weighted by Gasteiger charge is 2.24. The molecule has 0 rings (SSSR count). The van der Waals surface area contributed by atoms with Crippen LogP contribution in [0, 0.1) is 5.92 Å². The third-order valence-corrected chi connectivity index (χ3v) is 1.99. The SMILES string of the molecule is CC(C)C(C)(O)CNOCC(N)=O. The van der Waals surface area contributed by atoms with Crippen molar-refractivity contribution >= 4 is 5.91 Å². The van der Waals surface area contributed by atoms with E-state index in [0.717, 1.165) is 0 Å². The fourth-order valence-electron chi connectivity index (χ4n) is 0.523. The van der Waals surface area contributed by atoms with Gasteiger partial charge in [-0.25, -0.2) is 0 Å². The predicted molar refractivity (Wildman–Crippen MR) is 48.6 cm³/mol. The molecule has 0 heterocycles. The van der Waals surface area contributed by atoms with Gasteiger partial charge in [0.1, 0.15) is 6.61 Å². The van der Waals surface area contributed by atoms with Gasteiger partial charge in [0.05, 0.1) is 5.60 Å². The van der Waals surface area contributed by atoms with Crippen LogP contribution in [0.1, 0.15) is 20.8 Å². The molecule has 78 valence electrons. The number of rotatable bonds is 6. The number of nitrogens with two attached hydrogens (primary N) is 1. The molecule has 5 nitrogen and oxygen atoms in total. The minimum absolute atomic E-state index is 0.108. The Labute approximate surface area is 78.2 Å². The average Bonchev–Trinajstić information content (AvgIpc) is 1.97. The van der Waals surface area contributed by atoms with E-state index >= 15 is 0 Å². The number of hydrogen-bond donors (Lipinski definition) is 3. The van der Waals surface area contributed by atoms with Crippen LogP contribution in [0.15, 0.2) is 0 Å². The van der Waals surface area contributed by atoms with Crippen molar-refractivity contribution in [2.24, 2.45) is 11.7 Å². The second-order valence-electron chi connectivity index (χ2n) is 3.59. The Morgan fingerprint density at radius 2 is 2.23 bits per heavy atom. The maximum Gasteiger partial charge on any atom is 0.245 e. The quantitative estimate of drug-likeness (QED) is 0.386. The van der Waals surface area contributed by atoms with Gasteiger partial charge < -0.3 is 10.8 Å². The van der Waals surface area contributed by atoms with Crippen molar-refractivity contribution in [3.63, 3.8) is 0 Å². The Morgan fingerprint density at radius 1 is 1.69 bits per heavy atom. The van der Waals surface area contributed by atoms with Crippen LogP contribution in [0.2, 0.25) is 0 Å². The van der Waals surface area contributed by atoms with E-state index in [2.05, 4.69) is 5.48 Å². The topological polar surface area (TPSA) is 84.6 Å². The molecular weight excluding hydrogens is 172 g/mol. The number of aliphatic hydroxyl groups is 1. The van der Waals surface area contributed by atoms with E-state index in [1.807, 2.05) is 13.8 Å². The van der Waals surface area contributed by atoms with Crippen LogP contribution < -0.4 is 11.2 Å². The van der Waals surface area contributed by atoms with E-state index in [1.165, 1.54) is 0 Å². The number of carbonyl (C=O) groups is 1. The number of nitrogens with one attached hydrogen (secondary N) is 1. The Kier molecular flexibility index (Phi) is 4.90. The fraction of sp³-hybridized carbons (Fsp3) is 0.875. The minimum Gasteiger partial charge on any atom is -0.388 e. The molecule has 0 saturated carbocycles. The van der Waals surface area contributed by atoms with Crippen molar-refractivity contribution in [3.05, 3.63) is 0 Å². The van der Waals surface area contributed by atoms with E-state index in [0.29, 0.717) is 0 Å². The molecule has 0 aromatic carbocycles. The summed E-state index contributed by atoms with van der Waals surface area (Å²) in [6.45, 7) is 5.57. The molecule has 0 aliphatic rings. The van der Waals surface area contributed by atoms with Gasteiger partial charge in [-0.05, 0) is 12.8 Å². The van der Waals surface area contributed by atoms with Crippen LogP contribution in [0.25, 0.3) is 0 Å². The molecule has 4 N–H and O–H groups in total. The third kappa shape index (κ3) is 5.57. The molecular formula is C8H18N2O3. The van der Waals surface area contributed by atoms with Gasteiger partial charge in [-0.3, -0.25) is 9.63 Å². The van der Waals surface area contributed by atoms with Crippen LogP contribution in [-0.2, 0) is 9.63 Å². The lowest BCUT2D eigenvalue weighted by atomic mass is 9.93. The second kappa shape index (κ2) is 5.16. The highest BCUT2D eigenvalue weighted by Crippen LogP contribution is 2.14. The first-order valence-electron chi connectivity index (χ1n) is 4.21. The van der Waals surface area contributed by atoms with Crippen molar-refractivity contribution < 1.29 is 14.7 Å². The highest BCUT2D eigenvalue weighted by atomic mass is 16.6. The minimum atomic E-state index is -0.850. The lowest BCUT2D eigenvalue weighted by molar-refractivity contribution is -0.127. The van der Waals surface area contributed by atoms with E-state index in [-0.39, 0.29) is 19.1 Å². The molecule has 0 fully saturated rings. The number of primary amides is 1. The zero-order chi connectivity index (χ0) is 10.5. The smallest absolute Gasteiger partial charge is 0.245 e. The summed E-state index contributed by atoms with van der Waals surface area (Å²) in [5, 5.41) is 9.70. The molecule has 0 aromatic rings. The molecule has 1 atom stereocenters. The van der Waals surface area contributed by atoms with E-state index in [9.17, 15) is 9.90 Å². The standard InChI is InChI=1S/C8H18N2O3/c1-6(2)8(3,12)5-10-13-4-7(9)11/h6,10,12H,4-5H2,1-3H3,(H2,9,11). The molecule has 0 aromatic heterocycles.